The molecule has 0 radical (unpaired) electrons. The van der Waals surface area contributed by atoms with E-state index < -0.39 is 0 Å². The minimum absolute atomic E-state index is 0.0676. The van der Waals surface area contributed by atoms with Gasteiger partial charge in [0, 0.05) is 37.6 Å². The average molecular weight is 399 g/mol. The van der Waals surface area contributed by atoms with Gasteiger partial charge in [-0.3, -0.25) is 4.79 Å². The predicted molar refractivity (Wildman–Crippen MR) is 112 cm³/mol. The zero-order valence-electron chi connectivity index (χ0n) is 17.4. The number of nitrogens with zero attached hydrogens (tertiary/aromatic N) is 3. The Balaban J connectivity index is 1.73. The van der Waals surface area contributed by atoms with Crippen LogP contribution in [-0.2, 0) is 11.3 Å². The third-order valence-corrected chi connectivity index (χ3v) is 5.10. The highest BCUT2D eigenvalue weighted by Gasteiger charge is 2.27. The highest BCUT2D eigenvalue weighted by atomic mass is 16.5. The van der Waals surface area contributed by atoms with E-state index in [4.69, 9.17) is 4.74 Å². The molecule has 0 bridgehead atoms. The molecular weight excluding hydrogens is 370 g/mol. The zero-order chi connectivity index (χ0) is 21.0. The van der Waals surface area contributed by atoms with Crippen LogP contribution < -0.4 is 20.3 Å². The quantitative estimate of drug-likeness (QED) is 0.780. The number of aromatic nitrogens is 2. The molecule has 1 aliphatic rings. The van der Waals surface area contributed by atoms with E-state index >= 15 is 0 Å². The normalized spacial score (nSPS) is 15.3. The Morgan fingerprint density at radius 2 is 2.14 bits per heavy atom. The van der Waals surface area contributed by atoms with E-state index in [1.54, 1.807) is 42.7 Å². The van der Waals surface area contributed by atoms with Crippen LogP contribution in [0.15, 0.2) is 36.9 Å². The number of imidazole rings is 1. The van der Waals surface area contributed by atoms with Gasteiger partial charge in [-0.25, -0.2) is 9.78 Å². The van der Waals surface area contributed by atoms with E-state index in [2.05, 4.69) is 36.4 Å². The number of benzene rings is 1. The summed E-state index contributed by atoms with van der Waals surface area (Å²) >= 11 is 0. The van der Waals surface area contributed by atoms with Crippen molar-refractivity contribution < 1.29 is 14.3 Å². The number of anilines is 2. The molecule has 3 rings (SSSR count). The van der Waals surface area contributed by atoms with Gasteiger partial charge in [-0.2, -0.15) is 0 Å². The standard InChI is InChI=1S/C21H29N5O3/c1-21(2,3)18(13-25-11-9-22-14-25)24-20(28)23-15-7-8-17(29-4)16(12-15)26-10-5-6-19(26)27/h7-9,11-12,14,18H,5-6,10,13H2,1-4H3,(H2,23,24,28). The van der Waals surface area contributed by atoms with Crippen molar-refractivity contribution in [2.45, 2.75) is 46.2 Å². The molecule has 1 saturated heterocycles. The number of hydrogen-bond acceptors (Lipinski definition) is 4. The molecule has 2 heterocycles. The van der Waals surface area contributed by atoms with Crippen LogP contribution in [0.4, 0.5) is 16.2 Å². The lowest BCUT2D eigenvalue weighted by Gasteiger charge is -2.31. The van der Waals surface area contributed by atoms with Crippen molar-refractivity contribution >= 4 is 23.3 Å². The number of carbonyl (C=O) groups is 2. The molecule has 0 aliphatic carbocycles. The van der Waals surface area contributed by atoms with Crippen molar-refractivity contribution in [1.82, 2.24) is 14.9 Å². The smallest absolute Gasteiger partial charge is 0.319 e. The van der Waals surface area contributed by atoms with E-state index in [0.29, 0.717) is 36.6 Å². The van der Waals surface area contributed by atoms with Crippen molar-refractivity contribution in [3.05, 3.63) is 36.9 Å². The fourth-order valence-corrected chi connectivity index (χ4v) is 3.35. The second-order valence-electron chi connectivity index (χ2n) is 8.31. The Morgan fingerprint density at radius 1 is 1.34 bits per heavy atom. The largest absolute Gasteiger partial charge is 0.495 e. The van der Waals surface area contributed by atoms with Gasteiger partial charge in [0.1, 0.15) is 5.75 Å². The summed E-state index contributed by atoms with van der Waals surface area (Å²) in [7, 11) is 1.57. The average Bonchev–Trinajstić information content (AvgIpc) is 3.32. The van der Waals surface area contributed by atoms with E-state index in [0.717, 1.165) is 6.42 Å². The van der Waals surface area contributed by atoms with E-state index in [-0.39, 0.29) is 23.4 Å². The first kappa shape index (κ1) is 20.7. The maximum Gasteiger partial charge on any atom is 0.319 e. The van der Waals surface area contributed by atoms with Gasteiger partial charge in [0.15, 0.2) is 0 Å². The Bertz CT molecular complexity index is 858. The van der Waals surface area contributed by atoms with Crippen LogP contribution in [0.3, 0.4) is 0 Å². The third kappa shape index (κ3) is 5.07. The first-order valence-electron chi connectivity index (χ1n) is 9.79. The summed E-state index contributed by atoms with van der Waals surface area (Å²) < 4.78 is 7.35. The van der Waals surface area contributed by atoms with Gasteiger partial charge < -0.3 is 24.8 Å². The molecule has 1 atom stereocenters. The van der Waals surface area contributed by atoms with E-state index in [9.17, 15) is 9.59 Å². The molecular formula is C21H29N5O3. The molecule has 8 heteroatoms. The van der Waals surface area contributed by atoms with Crippen LogP contribution in [-0.4, -0.2) is 41.2 Å². The molecule has 3 amide bonds. The number of amides is 3. The zero-order valence-corrected chi connectivity index (χ0v) is 17.4. The SMILES string of the molecule is COc1ccc(NC(=O)NC(Cn2ccnc2)C(C)(C)C)cc1N1CCCC1=O. The van der Waals surface area contributed by atoms with Gasteiger partial charge in [0.25, 0.3) is 0 Å². The lowest BCUT2D eigenvalue weighted by Crippen LogP contribution is -2.47. The summed E-state index contributed by atoms with van der Waals surface area (Å²) in [6.07, 6.45) is 6.69. The van der Waals surface area contributed by atoms with Gasteiger partial charge in [0.2, 0.25) is 5.91 Å². The summed E-state index contributed by atoms with van der Waals surface area (Å²) in [6.45, 7) is 7.52. The van der Waals surface area contributed by atoms with Crippen molar-refractivity contribution in [2.75, 3.05) is 23.9 Å². The molecule has 8 nitrogen and oxygen atoms in total. The summed E-state index contributed by atoms with van der Waals surface area (Å²) in [5, 5.41) is 5.95. The molecule has 2 aromatic rings. The molecule has 1 unspecified atom stereocenters. The number of urea groups is 1. The van der Waals surface area contributed by atoms with Crippen LogP contribution >= 0.6 is 0 Å². The predicted octanol–water partition coefficient (Wildman–Crippen LogP) is 3.25. The number of hydrogen-bond donors (Lipinski definition) is 2. The minimum Gasteiger partial charge on any atom is -0.495 e. The van der Waals surface area contributed by atoms with Crippen molar-refractivity contribution in [2.24, 2.45) is 5.41 Å². The molecule has 0 saturated carbocycles. The molecule has 156 valence electrons. The van der Waals surface area contributed by atoms with Gasteiger partial charge in [-0.05, 0) is 30.0 Å². The lowest BCUT2D eigenvalue weighted by molar-refractivity contribution is -0.117. The summed E-state index contributed by atoms with van der Waals surface area (Å²) in [5.74, 6) is 0.678. The van der Waals surface area contributed by atoms with Crippen molar-refractivity contribution in [3.63, 3.8) is 0 Å². The molecule has 0 spiro atoms. The number of carbonyl (C=O) groups excluding carboxylic acids is 2. The van der Waals surface area contributed by atoms with Crippen LogP contribution in [0.1, 0.15) is 33.6 Å². The number of methoxy groups -OCH3 is 1. The number of nitrogens with one attached hydrogen (secondary N) is 2. The minimum atomic E-state index is -0.297. The fraction of sp³-hybridized carbons (Fsp3) is 0.476. The second kappa shape index (κ2) is 8.55. The molecule has 2 N–H and O–H groups in total. The first-order chi connectivity index (χ1) is 13.8. The van der Waals surface area contributed by atoms with E-state index in [1.807, 2.05) is 10.8 Å². The second-order valence-corrected chi connectivity index (χ2v) is 8.31. The van der Waals surface area contributed by atoms with Gasteiger partial charge >= 0.3 is 6.03 Å². The lowest BCUT2D eigenvalue weighted by atomic mass is 9.86. The third-order valence-electron chi connectivity index (χ3n) is 5.10. The van der Waals surface area contributed by atoms with Gasteiger partial charge in [-0.1, -0.05) is 20.8 Å². The Labute approximate surface area is 171 Å². The van der Waals surface area contributed by atoms with Crippen LogP contribution in [0.2, 0.25) is 0 Å². The Morgan fingerprint density at radius 3 is 2.72 bits per heavy atom. The van der Waals surface area contributed by atoms with E-state index in [1.165, 1.54) is 0 Å². The van der Waals surface area contributed by atoms with Crippen molar-refractivity contribution in [3.8, 4) is 5.75 Å². The van der Waals surface area contributed by atoms with Gasteiger partial charge in [-0.15, -0.1) is 0 Å². The molecule has 1 aromatic heterocycles. The molecule has 29 heavy (non-hydrogen) atoms. The van der Waals surface area contributed by atoms with Crippen molar-refractivity contribution in [1.29, 1.82) is 0 Å². The Kier molecular flexibility index (Phi) is 6.10. The van der Waals surface area contributed by atoms with Gasteiger partial charge in [0.05, 0.1) is 25.2 Å². The molecule has 1 aromatic carbocycles. The molecule has 1 fully saturated rings. The Hall–Kier alpha value is -3.03. The van der Waals surface area contributed by atoms with Crippen LogP contribution in [0.5, 0.6) is 5.75 Å². The first-order valence-corrected chi connectivity index (χ1v) is 9.79. The topological polar surface area (TPSA) is 88.5 Å². The number of ether oxygens (including phenoxy) is 1. The monoisotopic (exact) mass is 399 g/mol. The number of rotatable bonds is 6. The highest BCUT2D eigenvalue weighted by molar-refractivity contribution is 5.98. The van der Waals surface area contributed by atoms with Crippen LogP contribution in [0, 0.1) is 5.41 Å². The summed E-state index contributed by atoms with van der Waals surface area (Å²) in [4.78, 5) is 30.6. The maximum absolute atomic E-state index is 12.7. The maximum atomic E-state index is 12.7. The summed E-state index contributed by atoms with van der Waals surface area (Å²) in [6, 6.07) is 4.92. The fourth-order valence-electron chi connectivity index (χ4n) is 3.35. The van der Waals surface area contributed by atoms with Crippen LogP contribution in [0.25, 0.3) is 0 Å². The molecule has 1 aliphatic heterocycles. The summed E-state index contributed by atoms with van der Waals surface area (Å²) in [5.41, 5.74) is 1.14. The highest BCUT2D eigenvalue weighted by Crippen LogP contribution is 2.34.